The van der Waals surface area contributed by atoms with Crippen LogP contribution >= 0.6 is 0 Å². The fraction of sp³-hybridized carbons (Fsp3) is 0.500. The van der Waals surface area contributed by atoms with Gasteiger partial charge in [0.25, 0.3) is 0 Å². The van der Waals surface area contributed by atoms with E-state index in [9.17, 15) is 14.7 Å². The third-order valence-electron chi connectivity index (χ3n) is 4.01. The lowest BCUT2D eigenvalue weighted by Gasteiger charge is -2.35. The molecule has 0 aromatic heterocycles. The van der Waals surface area contributed by atoms with Crippen LogP contribution in [0.1, 0.15) is 42.3 Å². The largest absolute Gasteiger partial charge is 0.478 e. The number of carboxylic acids is 1. The smallest absolute Gasteiger partial charge is 0.335 e. The van der Waals surface area contributed by atoms with Crippen LogP contribution < -0.4 is 5.73 Å². The number of hydrogen-bond donors (Lipinski definition) is 2. The average molecular weight is 290 g/mol. The molecule has 114 valence electrons. The van der Waals surface area contributed by atoms with Crippen LogP contribution in [-0.4, -0.2) is 34.5 Å². The fourth-order valence-corrected chi connectivity index (χ4v) is 2.57. The van der Waals surface area contributed by atoms with Gasteiger partial charge in [-0.05, 0) is 29.0 Å². The van der Waals surface area contributed by atoms with E-state index >= 15 is 0 Å². The lowest BCUT2D eigenvalue weighted by Crippen LogP contribution is -2.51. The Bertz CT molecular complexity index is 575. The average Bonchev–Trinajstić information content (AvgIpc) is 2.43. The van der Waals surface area contributed by atoms with Gasteiger partial charge in [-0.3, -0.25) is 4.79 Å². The van der Waals surface area contributed by atoms with Gasteiger partial charge >= 0.3 is 5.97 Å². The van der Waals surface area contributed by atoms with Crippen LogP contribution in [0.3, 0.4) is 0 Å². The number of amides is 1. The van der Waals surface area contributed by atoms with E-state index in [4.69, 9.17) is 5.73 Å². The van der Waals surface area contributed by atoms with Crippen LogP contribution in [0.4, 0.5) is 0 Å². The summed E-state index contributed by atoms with van der Waals surface area (Å²) in [5, 5.41) is 9.21. The van der Waals surface area contributed by atoms with Crippen molar-refractivity contribution in [2.24, 2.45) is 11.1 Å². The van der Waals surface area contributed by atoms with Crippen LogP contribution in [0, 0.1) is 5.41 Å². The van der Waals surface area contributed by atoms with E-state index in [1.165, 1.54) is 0 Å². The molecule has 0 fully saturated rings. The lowest BCUT2D eigenvalue weighted by molar-refractivity contribution is -0.135. The van der Waals surface area contributed by atoms with Crippen molar-refractivity contribution < 1.29 is 14.7 Å². The fourth-order valence-electron chi connectivity index (χ4n) is 2.57. The molecule has 21 heavy (non-hydrogen) atoms. The predicted molar refractivity (Wildman–Crippen MR) is 80.0 cm³/mol. The summed E-state index contributed by atoms with van der Waals surface area (Å²) in [6, 6.07) is 4.66. The van der Waals surface area contributed by atoms with E-state index in [0.29, 0.717) is 25.1 Å². The molecule has 0 saturated carbocycles. The van der Waals surface area contributed by atoms with E-state index in [1.54, 1.807) is 17.0 Å². The van der Waals surface area contributed by atoms with Crippen LogP contribution in [0.2, 0.25) is 0 Å². The van der Waals surface area contributed by atoms with Gasteiger partial charge in [0.2, 0.25) is 5.91 Å². The van der Waals surface area contributed by atoms with Crippen LogP contribution in [0.15, 0.2) is 18.2 Å². The molecule has 0 bridgehead atoms. The van der Waals surface area contributed by atoms with Crippen molar-refractivity contribution in [1.29, 1.82) is 0 Å². The summed E-state index contributed by atoms with van der Waals surface area (Å²) >= 11 is 0. The van der Waals surface area contributed by atoms with Crippen molar-refractivity contribution in [3.8, 4) is 0 Å². The number of hydrogen-bond acceptors (Lipinski definition) is 3. The first-order valence-corrected chi connectivity index (χ1v) is 7.10. The molecule has 1 aromatic carbocycles. The third-order valence-corrected chi connectivity index (χ3v) is 4.01. The summed E-state index contributed by atoms with van der Waals surface area (Å²) in [7, 11) is 0. The Labute approximate surface area is 124 Å². The molecule has 0 saturated heterocycles. The lowest BCUT2D eigenvalue weighted by atomic mass is 9.85. The summed E-state index contributed by atoms with van der Waals surface area (Å²) < 4.78 is 0. The van der Waals surface area contributed by atoms with Crippen molar-refractivity contribution >= 4 is 11.9 Å². The highest BCUT2D eigenvalue weighted by molar-refractivity contribution is 5.90. The monoisotopic (exact) mass is 290 g/mol. The number of nitrogens with two attached hydrogens (primary N) is 1. The number of benzene rings is 1. The number of nitrogens with zero attached hydrogens (tertiary/aromatic N) is 1. The summed E-state index contributed by atoms with van der Waals surface area (Å²) in [6.07, 6.45) is 0.556. The van der Waals surface area contributed by atoms with Gasteiger partial charge in [-0.15, -0.1) is 0 Å². The Morgan fingerprint density at radius 2 is 2.00 bits per heavy atom. The second-order valence-electron chi connectivity index (χ2n) is 6.60. The molecule has 1 heterocycles. The molecule has 2 rings (SSSR count). The van der Waals surface area contributed by atoms with Crippen LogP contribution in [-0.2, 0) is 17.8 Å². The van der Waals surface area contributed by atoms with E-state index in [1.807, 2.05) is 26.8 Å². The molecule has 5 nitrogen and oxygen atoms in total. The molecular formula is C16H22N2O3. The van der Waals surface area contributed by atoms with Gasteiger partial charge in [-0.2, -0.15) is 0 Å². The minimum Gasteiger partial charge on any atom is -0.478 e. The second-order valence-corrected chi connectivity index (χ2v) is 6.60. The first-order chi connectivity index (χ1) is 9.71. The highest BCUT2D eigenvalue weighted by atomic mass is 16.4. The summed E-state index contributed by atoms with van der Waals surface area (Å²) in [5.41, 5.74) is 7.81. The summed E-state index contributed by atoms with van der Waals surface area (Å²) in [6.45, 7) is 6.76. The number of rotatable bonds is 2. The van der Waals surface area contributed by atoms with Crippen LogP contribution in [0.5, 0.6) is 0 Å². The minimum absolute atomic E-state index is 0.0751. The highest BCUT2D eigenvalue weighted by Gasteiger charge is 2.33. The van der Waals surface area contributed by atoms with Crippen molar-refractivity contribution in [2.75, 3.05) is 6.54 Å². The standard InChI is InChI=1S/C16H22N2O3/c1-16(2,3)13(17)14(19)18-8-7-11-10(9-18)5-4-6-12(11)15(20)21/h4-6,13H,7-9,17H2,1-3H3,(H,20,21)/t13-/m0/s1. The molecule has 1 aliphatic heterocycles. The minimum atomic E-state index is -0.919. The van der Waals surface area contributed by atoms with Crippen molar-refractivity contribution in [2.45, 2.75) is 39.8 Å². The zero-order valence-corrected chi connectivity index (χ0v) is 12.7. The number of aromatic carboxylic acids is 1. The Morgan fingerprint density at radius 3 is 2.57 bits per heavy atom. The summed E-state index contributed by atoms with van der Waals surface area (Å²) in [4.78, 5) is 25.4. The zero-order valence-electron chi connectivity index (χ0n) is 12.7. The molecule has 0 aliphatic carbocycles. The number of fused-ring (bicyclic) bond motifs is 1. The summed E-state index contributed by atoms with van der Waals surface area (Å²) in [5.74, 6) is -0.994. The Morgan fingerprint density at radius 1 is 1.33 bits per heavy atom. The topological polar surface area (TPSA) is 83.6 Å². The quantitative estimate of drug-likeness (QED) is 0.867. The molecule has 0 spiro atoms. The SMILES string of the molecule is CC(C)(C)[C@@H](N)C(=O)N1CCc2c(cccc2C(=O)O)C1. The van der Waals surface area contributed by atoms with E-state index in [2.05, 4.69) is 0 Å². The van der Waals surface area contributed by atoms with Gasteiger partial charge in [0.1, 0.15) is 0 Å². The maximum atomic E-state index is 12.5. The molecular weight excluding hydrogens is 268 g/mol. The molecule has 5 heteroatoms. The van der Waals surface area contributed by atoms with E-state index < -0.39 is 12.0 Å². The Balaban J connectivity index is 2.23. The van der Waals surface area contributed by atoms with Crippen molar-refractivity contribution in [3.63, 3.8) is 0 Å². The van der Waals surface area contributed by atoms with Crippen LogP contribution in [0.25, 0.3) is 0 Å². The molecule has 1 amide bonds. The third kappa shape index (κ3) is 3.08. The maximum absolute atomic E-state index is 12.5. The highest BCUT2D eigenvalue weighted by Crippen LogP contribution is 2.25. The predicted octanol–water partition coefficient (Wildman–Crippen LogP) is 1.64. The molecule has 1 atom stereocenters. The number of carbonyl (C=O) groups excluding carboxylic acids is 1. The molecule has 1 aromatic rings. The maximum Gasteiger partial charge on any atom is 0.335 e. The zero-order chi connectivity index (χ0) is 15.8. The first-order valence-electron chi connectivity index (χ1n) is 7.10. The first kappa shape index (κ1) is 15.5. The van der Waals surface area contributed by atoms with Crippen molar-refractivity contribution in [1.82, 2.24) is 4.90 Å². The second kappa shape index (κ2) is 5.48. The van der Waals surface area contributed by atoms with Gasteiger partial charge in [-0.25, -0.2) is 4.79 Å². The van der Waals surface area contributed by atoms with E-state index in [0.717, 1.165) is 11.1 Å². The Kier molecular flexibility index (Phi) is 4.05. The van der Waals surface area contributed by atoms with Gasteiger partial charge in [0, 0.05) is 13.1 Å². The number of carboxylic acid groups (broad SMARTS) is 1. The Hall–Kier alpha value is -1.88. The molecule has 0 radical (unpaired) electrons. The number of carbonyl (C=O) groups is 2. The van der Waals surface area contributed by atoms with Gasteiger partial charge < -0.3 is 15.7 Å². The normalized spacial score (nSPS) is 16.3. The van der Waals surface area contributed by atoms with Gasteiger partial charge in [-0.1, -0.05) is 32.9 Å². The van der Waals surface area contributed by atoms with E-state index in [-0.39, 0.29) is 11.3 Å². The molecule has 1 aliphatic rings. The van der Waals surface area contributed by atoms with Gasteiger partial charge in [0.05, 0.1) is 11.6 Å². The van der Waals surface area contributed by atoms with Crippen molar-refractivity contribution in [3.05, 3.63) is 34.9 Å². The molecule has 0 unspecified atom stereocenters. The van der Waals surface area contributed by atoms with Gasteiger partial charge in [0.15, 0.2) is 0 Å². The molecule has 3 N–H and O–H groups in total.